The molecule has 2 aromatic carbocycles. The fraction of sp³-hybridized carbons (Fsp3) is 0.423. The van der Waals surface area contributed by atoms with E-state index in [0.29, 0.717) is 16.5 Å². The smallest absolute Gasteiger partial charge is 0.229 e. The molecule has 1 fully saturated rings. The molecule has 1 heterocycles. The zero-order valence-corrected chi connectivity index (χ0v) is 20.1. The van der Waals surface area contributed by atoms with Crippen LogP contribution in [0.4, 0.5) is 0 Å². The molecule has 1 saturated heterocycles. The Hall–Kier alpha value is -1.81. The van der Waals surface area contributed by atoms with E-state index in [1.54, 1.807) is 0 Å². The Labute approximate surface area is 196 Å². The number of nitrogens with one attached hydrogen (secondary N) is 1. The number of hydrogen-bond acceptors (Lipinski definition) is 2. The number of rotatable bonds is 8. The van der Waals surface area contributed by atoms with Gasteiger partial charge in [0, 0.05) is 28.5 Å². The predicted molar refractivity (Wildman–Crippen MR) is 131 cm³/mol. The van der Waals surface area contributed by atoms with Gasteiger partial charge in [-0.2, -0.15) is 0 Å². The van der Waals surface area contributed by atoms with Crippen LogP contribution in [0.5, 0.6) is 0 Å². The van der Waals surface area contributed by atoms with Crippen molar-refractivity contribution in [2.75, 3.05) is 13.6 Å². The summed E-state index contributed by atoms with van der Waals surface area (Å²) in [7, 11) is 1.94. The molecule has 3 nitrogen and oxygen atoms in total. The summed E-state index contributed by atoms with van der Waals surface area (Å²) in [5.74, 6) is 0.293. The minimum Gasteiger partial charge on any atom is -0.330 e. The molecule has 0 bridgehead atoms. The van der Waals surface area contributed by atoms with Crippen molar-refractivity contribution in [1.29, 1.82) is 0 Å². The van der Waals surface area contributed by atoms with Crippen molar-refractivity contribution in [1.82, 2.24) is 10.2 Å². The van der Waals surface area contributed by atoms with Gasteiger partial charge in [-0.25, -0.2) is 0 Å². The van der Waals surface area contributed by atoms with Crippen LogP contribution in [0.15, 0.2) is 61.2 Å². The van der Waals surface area contributed by atoms with Crippen LogP contribution in [0.3, 0.4) is 0 Å². The summed E-state index contributed by atoms with van der Waals surface area (Å²) in [6.07, 6.45) is 4.11. The van der Waals surface area contributed by atoms with Crippen molar-refractivity contribution < 1.29 is 4.79 Å². The molecule has 1 aliphatic rings. The average molecular weight is 459 g/mol. The molecule has 166 valence electrons. The third kappa shape index (κ3) is 5.00. The molecule has 3 rings (SSSR count). The second-order valence-electron chi connectivity index (χ2n) is 8.75. The van der Waals surface area contributed by atoms with Crippen LogP contribution in [-0.2, 0) is 4.79 Å². The minimum absolute atomic E-state index is 0.0734. The van der Waals surface area contributed by atoms with Crippen LogP contribution in [0.1, 0.15) is 56.2 Å². The highest BCUT2D eigenvalue weighted by atomic mass is 35.5. The zero-order valence-electron chi connectivity index (χ0n) is 18.6. The maximum absolute atomic E-state index is 14.0. The minimum atomic E-state index is -0.515. The van der Waals surface area contributed by atoms with Gasteiger partial charge in [-0.3, -0.25) is 4.79 Å². The number of allylic oxidation sites excluding steroid dienone is 1. The summed E-state index contributed by atoms with van der Waals surface area (Å²) in [6, 6.07) is 15.9. The van der Waals surface area contributed by atoms with Gasteiger partial charge >= 0.3 is 0 Å². The maximum Gasteiger partial charge on any atom is 0.229 e. The number of likely N-dealkylation sites (N-methyl/N-ethyl adjacent to an activating group) is 1. The molecule has 5 heteroatoms. The normalized spacial score (nSPS) is 24.8. The third-order valence-corrected chi connectivity index (χ3v) is 6.98. The van der Waals surface area contributed by atoms with Gasteiger partial charge in [0.2, 0.25) is 5.91 Å². The topological polar surface area (TPSA) is 32.3 Å². The van der Waals surface area contributed by atoms with E-state index in [1.165, 1.54) is 0 Å². The maximum atomic E-state index is 14.0. The van der Waals surface area contributed by atoms with Gasteiger partial charge in [0.15, 0.2) is 0 Å². The first-order valence-electron chi connectivity index (χ1n) is 10.9. The fourth-order valence-electron chi connectivity index (χ4n) is 4.96. The Morgan fingerprint density at radius 3 is 2.48 bits per heavy atom. The molecule has 2 aromatic rings. The Morgan fingerprint density at radius 1 is 1.19 bits per heavy atom. The largest absolute Gasteiger partial charge is 0.330 e. The van der Waals surface area contributed by atoms with E-state index >= 15 is 0 Å². The van der Waals surface area contributed by atoms with Crippen LogP contribution in [-0.4, -0.2) is 30.4 Å². The van der Waals surface area contributed by atoms with Crippen LogP contribution in [0.25, 0.3) is 0 Å². The fourth-order valence-corrected chi connectivity index (χ4v) is 5.29. The number of likely N-dealkylation sites (tertiary alicyclic amines) is 1. The van der Waals surface area contributed by atoms with Crippen molar-refractivity contribution in [3.05, 3.63) is 82.4 Å². The molecule has 0 unspecified atom stereocenters. The highest BCUT2D eigenvalue weighted by Crippen LogP contribution is 2.52. The molecule has 4 atom stereocenters. The summed E-state index contributed by atoms with van der Waals surface area (Å²) in [6.45, 7) is 8.89. The van der Waals surface area contributed by atoms with Crippen LogP contribution >= 0.6 is 23.2 Å². The molecule has 0 aliphatic carbocycles. The monoisotopic (exact) mass is 458 g/mol. The molecule has 0 spiro atoms. The second-order valence-corrected chi connectivity index (χ2v) is 9.62. The molecular weight excluding hydrogens is 427 g/mol. The summed E-state index contributed by atoms with van der Waals surface area (Å²) in [4.78, 5) is 16.1. The Kier molecular flexibility index (Phi) is 7.85. The lowest BCUT2D eigenvalue weighted by Crippen LogP contribution is -2.57. The number of amides is 1. The van der Waals surface area contributed by atoms with Crippen molar-refractivity contribution in [2.24, 2.45) is 5.41 Å². The van der Waals surface area contributed by atoms with Crippen molar-refractivity contribution in [3.63, 3.8) is 0 Å². The van der Waals surface area contributed by atoms with Crippen molar-refractivity contribution in [3.8, 4) is 0 Å². The molecule has 31 heavy (non-hydrogen) atoms. The first kappa shape index (κ1) is 23.8. The van der Waals surface area contributed by atoms with Crippen molar-refractivity contribution in [2.45, 2.75) is 51.1 Å². The molecule has 0 aromatic heterocycles. The van der Waals surface area contributed by atoms with Gasteiger partial charge in [-0.15, -0.1) is 6.58 Å². The van der Waals surface area contributed by atoms with Gasteiger partial charge in [0.05, 0.1) is 11.5 Å². The molecule has 0 radical (unpaired) electrons. The zero-order chi connectivity index (χ0) is 22.6. The van der Waals surface area contributed by atoms with Gasteiger partial charge in [-0.05, 0) is 61.7 Å². The third-order valence-electron chi connectivity index (χ3n) is 6.49. The molecule has 1 aliphatic heterocycles. The lowest BCUT2D eigenvalue weighted by Gasteiger charge is -2.52. The highest BCUT2D eigenvalue weighted by Gasteiger charge is 2.50. The lowest BCUT2D eigenvalue weighted by atomic mass is 9.67. The van der Waals surface area contributed by atoms with E-state index in [2.05, 4.69) is 36.7 Å². The van der Waals surface area contributed by atoms with E-state index in [4.69, 9.17) is 23.2 Å². The quantitative estimate of drug-likeness (QED) is 0.450. The van der Waals surface area contributed by atoms with E-state index < -0.39 is 5.41 Å². The standard InChI is InChI=1S/C26H32Cl2N2O/c1-5-14-26(3)16-23(19-8-7-9-21(28)15-19)24(18-10-12-20(27)13-11-18)30(25(26)31)22(6-2)17-29-4/h5,7-13,15,22-24,29H,1,6,14,16-17H2,2-4H3/t22-,23+,24+,26-/m0/s1. The lowest BCUT2D eigenvalue weighted by molar-refractivity contribution is -0.154. The predicted octanol–water partition coefficient (Wildman–Crippen LogP) is 6.63. The highest BCUT2D eigenvalue weighted by molar-refractivity contribution is 6.30. The van der Waals surface area contributed by atoms with E-state index in [1.807, 2.05) is 55.6 Å². The number of carbonyl (C=O) groups is 1. The summed E-state index contributed by atoms with van der Waals surface area (Å²) < 4.78 is 0. The van der Waals surface area contributed by atoms with Crippen LogP contribution in [0.2, 0.25) is 10.0 Å². The number of hydrogen-bond donors (Lipinski definition) is 1. The van der Waals surface area contributed by atoms with E-state index in [9.17, 15) is 4.79 Å². The Balaban J connectivity index is 2.21. The summed E-state index contributed by atoms with van der Waals surface area (Å²) in [5, 5.41) is 4.69. The van der Waals surface area contributed by atoms with Gasteiger partial charge in [0.1, 0.15) is 0 Å². The van der Waals surface area contributed by atoms with Crippen LogP contribution < -0.4 is 5.32 Å². The molecule has 0 saturated carbocycles. The first-order chi connectivity index (χ1) is 14.8. The summed E-state index contributed by atoms with van der Waals surface area (Å²) >= 11 is 12.6. The number of halogens is 2. The SMILES string of the molecule is C=CC[C@@]1(C)C[C@H](c2cccc(Cl)c2)[C@@H](c2ccc(Cl)cc2)N([C@@H](CC)CNC)C1=O. The van der Waals surface area contributed by atoms with Gasteiger partial charge in [-0.1, -0.05) is 67.4 Å². The van der Waals surface area contributed by atoms with E-state index in [0.717, 1.165) is 30.5 Å². The van der Waals surface area contributed by atoms with Gasteiger partial charge < -0.3 is 10.2 Å². The number of carbonyl (C=O) groups excluding carboxylic acids is 1. The number of benzene rings is 2. The van der Waals surface area contributed by atoms with Gasteiger partial charge in [0.25, 0.3) is 0 Å². The number of piperidine rings is 1. The Bertz CT molecular complexity index is 914. The summed E-state index contributed by atoms with van der Waals surface area (Å²) in [5.41, 5.74) is 1.73. The van der Waals surface area contributed by atoms with Crippen molar-refractivity contribution >= 4 is 29.1 Å². The average Bonchev–Trinajstić information content (AvgIpc) is 2.75. The molecular formula is C26H32Cl2N2O. The number of nitrogens with zero attached hydrogens (tertiary/aromatic N) is 1. The van der Waals surface area contributed by atoms with E-state index in [-0.39, 0.29) is 23.9 Å². The van der Waals surface area contributed by atoms with Crippen LogP contribution in [0, 0.1) is 5.41 Å². The molecule has 1 amide bonds. The second kappa shape index (κ2) is 10.2. The first-order valence-corrected chi connectivity index (χ1v) is 11.7. The Morgan fingerprint density at radius 2 is 1.90 bits per heavy atom. The molecule has 1 N–H and O–H groups in total.